The summed E-state index contributed by atoms with van der Waals surface area (Å²) in [5.41, 5.74) is 2.46. The second kappa shape index (κ2) is 17.6. The standard InChI is InChI=1S/C40H40ClFN2O7/c1-4-48-26-40(2,39(46)50-25-28-8-6-5-7-9-28)23-32(20-27-10-14-30(15-11-27)34-21-31(41)16-19-35(34)42)43-38(45)36-22-37(44-51-36)49-24-29-12-17-33(47-3)18-13-29/h5-19,21-22,32H,4,20,23-26H2,1-3H3,(H,43,45)/t32-,40+/m1/s1. The first kappa shape index (κ1) is 37.1. The largest absolute Gasteiger partial charge is 0.497 e. The van der Waals surface area contributed by atoms with Gasteiger partial charge in [-0.2, -0.15) is 0 Å². The number of halogens is 2. The summed E-state index contributed by atoms with van der Waals surface area (Å²) < 4.78 is 42.4. The van der Waals surface area contributed by atoms with Crippen molar-refractivity contribution in [2.24, 2.45) is 5.41 Å². The molecule has 51 heavy (non-hydrogen) atoms. The highest BCUT2D eigenvalue weighted by molar-refractivity contribution is 6.30. The molecule has 5 rings (SSSR count). The van der Waals surface area contributed by atoms with Gasteiger partial charge in [-0.1, -0.05) is 78.3 Å². The summed E-state index contributed by atoms with van der Waals surface area (Å²) in [4.78, 5) is 27.2. The Kier molecular flexibility index (Phi) is 12.8. The molecule has 0 saturated carbocycles. The Morgan fingerprint density at radius 2 is 1.63 bits per heavy atom. The zero-order valence-corrected chi connectivity index (χ0v) is 29.5. The van der Waals surface area contributed by atoms with Gasteiger partial charge in [0.05, 0.1) is 25.2 Å². The molecule has 0 unspecified atom stereocenters. The lowest BCUT2D eigenvalue weighted by molar-refractivity contribution is -0.161. The minimum Gasteiger partial charge on any atom is -0.497 e. The molecule has 0 radical (unpaired) electrons. The topological polar surface area (TPSA) is 109 Å². The number of nitrogens with one attached hydrogen (secondary N) is 1. The average Bonchev–Trinajstić information content (AvgIpc) is 3.63. The van der Waals surface area contributed by atoms with Crippen molar-refractivity contribution in [2.75, 3.05) is 20.3 Å². The Hall–Kier alpha value is -5.19. The third-order valence-electron chi connectivity index (χ3n) is 8.30. The molecule has 266 valence electrons. The van der Waals surface area contributed by atoms with E-state index in [0.29, 0.717) is 29.2 Å². The van der Waals surface area contributed by atoms with Crippen LogP contribution >= 0.6 is 11.6 Å². The first-order chi connectivity index (χ1) is 24.7. The van der Waals surface area contributed by atoms with E-state index in [1.807, 2.05) is 73.7 Å². The van der Waals surface area contributed by atoms with Crippen molar-refractivity contribution in [3.8, 4) is 22.8 Å². The van der Waals surface area contributed by atoms with E-state index in [9.17, 15) is 14.0 Å². The molecule has 1 heterocycles. The Morgan fingerprint density at radius 1 is 0.922 bits per heavy atom. The molecule has 0 fully saturated rings. The van der Waals surface area contributed by atoms with E-state index in [1.54, 1.807) is 32.2 Å². The fraction of sp³-hybridized carbons (Fsp3) is 0.275. The fourth-order valence-electron chi connectivity index (χ4n) is 5.54. The number of rotatable bonds is 17. The number of hydrogen-bond donors (Lipinski definition) is 1. The van der Waals surface area contributed by atoms with Crippen LogP contribution in [0.4, 0.5) is 4.39 Å². The van der Waals surface area contributed by atoms with Crippen molar-refractivity contribution < 1.29 is 37.5 Å². The zero-order valence-electron chi connectivity index (χ0n) is 28.7. The van der Waals surface area contributed by atoms with E-state index in [4.69, 9.17) is 35.1 Å². The van der Waals surface area contributed by atoms with Crippen molar-refractivity contribution in [3.63, 3.8) is 0 Å². The van der Waals surface area contributed by atoms with Crippen molar-refractivity contribution in [2.45, 2.75) is 45.9 Å². The average molecular weight is 715 g/mol. The Labute approximate surface area is 301 Å². The van der Waals surface area contributed by atoms with Crippen molar-refractivity contribution in [3.05, 3.63) is 136 Å². The van der Waals surface area contributed by atoms with Crippen LogP contribution in [0.5, 0.6) is 11.6 Å². The van der Waals surface area contributed by atoms with Crippen LogP contribution in [-0.2, 0) is 33.9 Å². The maximum Gasteiger partial charge on any atom is 0.314 e. The molecule has 0 bridgehead atoms. The Bertz CT molecular complexity index is 1880. The van der Waals surface area contributed by atoms with Crippen LogP contribution in [0.25, 0.3) is 11.1 Å². The lowest BCUT2D eigenvalue weighted by atomic mass is 9.82. The summed E-state index contributed by atoms with van der Waals surface area (Å²) in [5.74, 6) is -0.587. The van der Waals surface area contributed by atoms with Crippen molar-refractivity contribution in [1.82, 2.24) is 10.5 Å². The minimum absolute atomic E-state index is 0.0605. The van der Waals surface area contributed by atoms with Crippen LogP contribution in [0, 0.1) is 11.2 Å². The van der Waals surface area contributed by atoms with Gasteiger partial charge < -0.3 is 28.8 Å². The number of methoxy groups -OCH3 is 1. The van der Waals surface area contributed by atoms with Crippen LogP contribution in [0.15, 0.2) is 108 Å². The number of aromatic nitrogens is 1. The molecule has 2 atom stereocenters. The fourth-order valence-corrected chi connectivity index (χ4v) is 5.71. The minimum atomic E-state index is -1.12. The second-order valence-corrected chi connectivity index (χ2v) is 12.8. The first-order valence-corrected chi connectivity index (χ1v) is 16.9. The third-order valence-corrected chi connectivity index (χ3v) is 8.53. The number of carbonyl (C=O) groups is 2. The predicted molar refractivity (Wildman–Crippen MR) is 191 cm³/mol. The SMILES string of the molecule is CCOC[C@](C)(C[C@@H](Cc1ccc(-c2cc(Cl)ccc2F)cc1)NC(=O)c1cc(OCc2ccc(OC)cc2)no1)C(=O)OCc1ccccc1. The van der Waals surface area contributed by atoms with Gasteiger partial charge in [-0.05, 0) is 84.4 Å². The van der Waals surface area contributed by atoms with E-state index >= 15 is 0 Å². The summed E-state index contributed by atoms with van der Waals surface area (Å²) in [5, 5.41) is 7.35. The van der Waals surface area contributed by atoms with E-state index in [1.165, 1.54) is 18.2 Å². The lowest BCUT2D eigenvalue weighted by Crippen LogP contribution is -2.45. The van der Waals surface area contributed by atoms with Gasteiger partial charge >= 0.3 is 5.97 Å². The normalized spacial score (nSPS) is 12.8. The van der Waals surface area contributed by atoms with Gasteiger partial charge in [0.15, 0.2) is 0 Å². The number of carbonyl (C=O) groups excluding carboxylic acids is 2. The number of benzene rings is 4. The number of nitrogens with zero attached hydrogens (tertiary/aromatic N) is 1. The maximum absolute atomic E-state index is 14.6. The van der Waals surface area contributed by atoms with Crippen LogP contribution in [0.3, 0.4) is 0 Å². The molecular formula is C40H40ClFN2O7. The molecule has 5 aromatic rings. The molecule has 4 aromatic carbocycles. The smallest absolute Gasteiger partial charge is 0.314 e. The van der Waals surface area contributed by atoms with Gasteiger partial charge in [-0.15, -0.1) is 0 Å². The van der Waals surface area contributed by atoms with Crippen molar-refractivity contribution in [1.29, 1.82) is 0 Å². The summed E-state index contributed by atoms with van der Waals surface area (Å²) in [7, 11) is 1.59. The zero-order chi connectivity index (χ0) is 36.2. The highest BCUT2D eigenvalue weighted by Gasteiger charge is 2.39. The van der Waals surface area contributed by atoms with Crippen LogP contribution in [0.1, 0.15) is 47.5 Å². The second-order valence-electron chi connectivity index (χ2n) is 12.3. The highest BCUT2D eigenvalue weighted by Crippen LogP contribution is 2.30. The van der Waals surface area contributed by atoms with Crippen molar-refractivity contribution >= 4 is 23.5 Å². The van der Waals surface area contributed by atoms with Gasteiger partial charge in [0, 0.05) is 23.2 Å². The Balaban J connectivity index is 1.34. The molecule has 11 heteroatoms. The molecule has 0 aliphatic carbocycles. The van der Waals surface area contributed by atoms with E-state index in [-0.39, 0.29) is 37.9 Å². The summed E-state index contributed by atoms with van der Waals surface area (Å²) in [6.07, 6.45) is 0.499. The van der Waals surface area contributed by atoms with E-state index in [0.717, 1.165) is 22.4 Å². The van der Waals surface area contributed by atoms with Crippen LogP contribution < -0.4 is 14.8 Å². The number of ether oxygens (including phenoxy) is 4. The molecule has 0 spiro atoms. The predicted octanol–water partition coefficient (Wildman–Crippen LogP) is 8.24. The molecule has 0 saturated heterocycles. The quantitative estimate of drug-likeness (QED) is 0.0960. The Morgan fingerprint density at radius 3 is 2.33 bits per heavy atom. The summed E-state index contributed by atoms with van der Waals surface area (Å²) >= 11 is 6.12. The van der Waals surface area contributed by atoms with Gasteiger partial charge in [-0.3, -0.25) is 9.59 Å². The number of amides is 1. The number of esters is 1. The van der Waals surface area contributed by atoms with Gasteiger partial charge in [-0.25, -0.2) is 4.39 Å². The monoisotopic (exact) mass is 714 g/mol. The lowest BCUT2D eigenvalue weighted by Gasteiger charge is -2.31. The van der Waals surface area contributed by atoms with Gasteiger partial charge in [0.2, 0.25) is 5.76 Å². The van der Waals surface area contributed by atoms with Gasteiger partial charge in [0.1, 0.15) is 24.8 Å². The van der Waals surface area contributed by atoms with Crippen LogP contribution in [-0.4, -0.2) is 43.4 Å². The van der Waals surface area contributed by atoms with E-state index < -0.39 is 29.2 Å². The first-order valence-electron chi connectivity index (χ1n) is 16.5. The van der Waals surface area contributed by atoms with E-state index in [2.05, 4.69) is 10.5 Å². The molecule has 0 aliphatic heterocycles. The summed E-state index contributed by atoms with van der Waals surface area (Å²) in [6.45, 7) is 4.37. The maximum atomic E-state index is 14.6. The molecule has 1 N–H and O–H groups in total. The molecule has 0 aliphatic rings. The van der Waals surface area contributed by atoms with Crippen LogP contribution in [0.2, 0.25) is 5.02 Å². The highest BCUT2D eigenvalue weighted by atomic mass is 35.5. The molecular weight excluding hydrogens is 675 g/mol. The molecule has 9 nitrogen and oxygen atoms in total. The molecule has 1 amide bonds. The molecule has 1 aromatic heterocycles. The summed E-state index contributed by atoms with van der Waals surface area (Å²) in [6, 6.07) is 29.3. The van der Waals surface area contributed by atoms with Gasteiger partial charge in [0.25, 0.3) is 11.8 Å². The third kappa shape index (κ3) is 10.4. The number of hydrogen-bond acceptors (Lipinski definition) is 8.